The van der Waals surface area contributed by atoms with E-state index in [0.717, 1.165) is 27.7 Å². The summed E-state index contributed by atoms with van der Waals surface area (Å²) < 4.78 is 0. The van der Waals surface area contributed by atoms with Crippen LogP contribution in [0.2, 0.25) is 0 Å². The van der Waals surface area contributed by atoms with Crippen molar-refractivity contribution in [3.63, 3.8) is 0 Å². The van der Waals surface area contributed by atoms with Crippen LogP contribution in [0, 0.1) is 0 Å². The van der Waals surface area contributed by atoms with Crippen LogP contribution < -0.4 is 5.32 Å². The molecule has 7 nitrogen and oxygen atoms in total. The molecule has 4 fully saturated rings. The molecule has 2 bridgehead atoms. The number of aromatic amines is 1. The zero-order valence-electron chi connectivity index (χ0n) is 17.3. The lowest BCUT2D eigenvalue weighted by atomic mass is 9.70. The van der Waals surface area contributed by atoms with Crippen molar-refractivity contribution in [1.82, 2.24) is 14.8 Å². The number of para-hydroxylation sites is 2. The Bertz CT molecular complexity index is 1360. The molecule has 6 heterocycles. The molecule has 3 aromatic rings. The fourth-order valence-corrected chi connectivity index (χ4v) is 9.63. The van der Waals surface area contributed by atoms with Crippen LogP contribution in [0.4, 0.5) is 5.69 Å². The number of likely N-dealkylation sites (N-methyl/N-ethyl adjacent to an activating group) is 1. The summed E-state index contributed by atoms with van der Waals surface area (Å²) in [6.45, 7) is 1.79. The van der Waals surface area contributed by atoms with Crippen LogP contribution in [0.15, 0.2) is 54.7 Å². The second kappa shape index (κ2) is 5.65. The molecule has 1 spiro atoms. The number of benzene rings is 2. The highest BCUT2D eigenvalue weighted by Gasteiger charge is 2.82. The Morgan fingerprint density at radius 1 is 1.00 bits per heavy atom. The van der Waals surface area contributed by atoms with Gasteiger partial charge in [-0.3, -0.25) is 14.5 Å². The number of aliphatic hydroxyl groups is 1. The van der Waals surface area contributed by atoms with Gasteiger partial charge in [-0.25, -0.2) is 0 Å². The van der Waals surface area contributed by atoms with E-state index in [4.69, 9.17) is 0 Å². The number of fused-ring (bicyclic) bond motifs is 6. The van der Waals surface area contributed by atoms with Gasteiger partial charge in [0.05, 0.1) is 5.41 Å². The lowest BCUT2D eigenvalue weighted by Gasteiger charge is -2.57. The third-order valence-corrected chi connectivity index (χ3v) is 11.4. The molecule has 0 saturated carbocycles. The molecule has 162 valence electrons. The van der Waals surface area contributed by atoms with E-state index in [9.17, 15) is 14.7 Å². The van der Waals surface area contributed by atoms with Gasteiger partial charge >= 0.3 is 0 Å². The van der Waals surface area contributed by atoms with E-state index in [2.05, 4.69) is 10.3 Å². The highest BCUT2D eigenvalue weighted by molar-refractivity contribution is 8.78. The molecule has 4 saturated heterocycles. The van der Waals surface area contributed by atoms with Gasteiger partial charge in [0.25, 0.3) is 11.8 Å². The Hall–Kier alpha value is -2.62. The maximum absolute atomic E-state index is 13.9. The molecule has 32 heavy (non-hydrogen) atoms. The maximum atomic E-state index is 13.9. The van der Waals surface area contributed by atoms with Crippen molar-refractivity contribution in [2.75, 3.05) is 12.4 Å². The van der Waals surface area contributed by atoms with Crippen LogP contribution in [0.25, 0.3) is 10.9 Å². The molecule has 2 amide bonds. The predicted molar refractivity (Wildman–Crippen MR) is 125 cm³/mol. The van der Waals surface area contributed by atoms with Crippen LogP contribution in [-0.4, -0.2) is 60.8 Å². The van der Waals surface area contributed by atoms with E-state index in [-0.39, 0.29) is 11.8 Å². The topological polar surface area (TPSA) is 88.7 Å². The van der Waals surface area contributed by atoms with Gasteiger partial charge in [0.15, 0.2) is 4.87 Å². The number of nitrogens with zero attached hydrogens (tertiary/aromatic N) is 2. The van der Waals surface area contributed by atoms with E-state index in [1.54, 1.807) is 18.9 Å². The van der Waals surface area contributed by atoms with Crippen molar-refractivity contribution in [3.05, 3.63) is 65.9 Å². The summed E-state index contributed by atoms with van der Waals surface area (Å²) in [4.78, 5) is 31.7. The van der Waals surface area contributed by atoms with Crippen molar-refractivity contribution < 1.29 is 14.7 Å². The Morgan fingerprint density at radius 2 is 1.75 bits per heavy atom. The monoisotopic (exact) mass is 464 g/mol. The van der Waals surface area contributed by atoms with E-state index in [0.29, 0.717) is 0 Å². The van der Waals surface area contributed by atoms with Crippen LogP contribution in [-0.2, 0) is 15.0 Å². The maximum Gasteiger partial charge on any atom is 0.264 e. The number of anilines is 1. The van der Waals surface area contributed by atoms with E-state index < -0.39 is 27.4 Å². The van der Waals surface area contributed by atoms with Crippen molar-refractivity contribution in [3.8, 4) is 0 Å². The average Bonchev–Trinajstić information content (AvgIpc) is 3.43. The lowest BCUT2D eigenvalue weighted by molar-refractivity contribution is -0.166. The summed E-state index contributed by atoms with van der Waals surface area (Å²) in [7, 11) is 4.34. The normalized spacial score (nSPS) is 37.0. The molecule has 5 atom stereocenters. The molecule has 5 aliphatic rings. The minimum atomic E-state index is -1.40. The molecule has 9 heteroatoms. The summed E-state index contributed by atoms with van der Waals surface area (Å²) >= 11 is 0. The fraction of sp³-hybridized carbons (Fsp3) is 0.304. The molecule has 3 N–H and O–H groups in total. The number of hydrogen-bond donors (Lipinski definition) is 3. The van der Waals surface area contributed by atoms with Crippen LogP contribution >= 0.6 is 21.6 Å². The van der Waals surface area contributed by atoms with E-state index in [1.165, 1.54) is 26.5 Å². The first kappa shape index (κ1) is 18.9. The summed E-state index contributed by atoms with van der Waals surface area (Å²) in [5, 5.41) is 16.7. The molecule has 0 radical (unpaired) electrons. The second-order valence-corrected chi connectivity index (χ2v) is 11.7. The van der Waals surface area contributed by atoms with Gasteiger partial charge < -0.3 is 20.3 Å². The first-order valence-electron chi connectivity index (χ1n) is 10.5. The first-order valence-corrected chi connectivity index (χ1v) is 12.6. The molecular formula is C23H20N4O3S2. The van der Waals surface area contributed by atoms with Gasteiger partial charge in [-0.2, -0.15) is 0 Å². The number of aliphatic hydroxyl groups excluding tert-OH is 1. The van der Waals surface area contributed by atoms with Crippen molar-refractivity contribution >= 4 is 50.0 Å². The Morgan fingerprint density at radius 3 is 2.59 bits per heavy atom. The van der Waals surface area contributed by atoms with Gasteiger partial charge in [-0.05, 0) is 41.0 Å². The van der Waals surface area contributed by atoms with Crippen molar-refractivity contribution in [2.45, 2.75) is 34.4 Å². The molecule has 5 aliphatic heterocycles. The van der Waals surface area contributed by atoms with Gasteiger partial charge in [-0.15, -0.1) is 0 Å². The minimum absolute atomic E-state index is 0.158. The van der Waals surface area contributed by atoms with Gasteiger partial charge in [0.2, 0.25) is 4.87 Å². The smallest absolute Gasteiger partial charge is 0.264 e. The molecule has 8 rings (SSSR count). The molecule has 0 unspecified atom stereocenters. The average molecular weight is 465 g/mol. The number of piperazine rings is 1. The van der Waals surface area contributed by atoms with Crippen LogP contribution in [0.1, 0.15) is 18.1 Å². The third kappa shape index (κ3) is 1.72. The number of rotatable bonds is 1. The zero-order chi connectivity index (χ0) is 22.0. The SMILES string of the molecule is CN1C(=O)[C@]23SS[C@@]1(C)C(=O)N2[C@H]1Nc2ccccc2[C@@]1(c1c[nH]c2ccccc12)[C@@H]3O. The Labute approximate surface area is 191 Å². The predicted octanol–water partition coefficient (Wildman–Crippen LogP) is 2.69. The fourth-order valence-electron chi connectivity index (χ4n) is 6.08. The molecular weight excluding hydrogens is 444 g/mol. The Balaban J connectivity index is 1.59. The standard InChI is InChI=1S/C23H20N4O3S2/c1-21-19(29)27-18-22(13-8-4-6-10-16(13)25-18,14-11-24-15-9-5-3-7-12(14)15)17(28)23(27,32-31-21)20(30)26(21)2/h3-11,17-18,24-25,28H,1-2H3/t17-,18+,21-,22+,23-/m0/s1. The number of H-pyrrole nitrogens is 1. The second-order valence-electron chi connectivity index (χ2n) is 9.00. The van der Waals surface area contributed by atoms with Crippen LogP contribution in [0.3, 0.4) is 0 Å². The third-order valence-electron chi connectivity index (χ3n) is 7.75. The minimum Gasteiger partial charge on any atom is -0.388 e. The Kier molecular flexibility index (Phi) is 3.34. The van der Waals surface area contributed by atoms with E-state index in [1.807, 2.05) is 54.7 Å². The number of aromatic nitrogens is 1. The van der Waals surface area contributed by atoms with Crippen molar-refractivity contribution in [2.24, 2.45) is 0 Å². The first-order chi connectivity index (χ1) is 15.4. The van der Waals surface area contributed by atoms with E-state index >= 15 is 0 Å². The number of amides is 2. The molecule has 2 aromatic carbocycles. The summed E-state index contributed by atoms with van der Waals surface area (Å²) in [5.74, 6) is -0.391. The van der Waals surface area contributed by atoms with Gasteiger partial charge in [-0.1, -0.05) is 47.2 Å². The highest BCUT2D eigenvalue weighted by atomic mass is 33.1. The summed E-state index contributed by atoms with van der Waals surface area (Å²) in [6.07, 6.45) is 0.174. The van der Waals surface area contributed by atoms with Crippen LogP contribution in [0.5, 0.6) is 0 Å². The molecule has 0 aliphatic carbocycles. The quantitative estimate of drug-likeness (QED) is 0.480. The number of carbonyl (C=O) groups excluding carboxylic acids is 2. The molecule has 1 aromatic heterocycles. The highest BCUT2D eigenvalue weighted by Crippen LogP contribution is 2.69. The number of hydrogen-bond acceptors (Lipinski definition) is 6. The zero-order valence-corrected chi connectivity index (χ0v) is 19.0. The lowest BCUT2D eigenvalue weighted by Crippen LogP contribution is -2.77. The summed E-state index contributed by atoms with van der Waals surface area (Å²) in [5.41, 5.74) is 2.59. The van der Waals surface area contributed by atoms with Gasteiger partial charge in [0, 0.05) is 29.8 Å². The number of carbonyl (C=O) groups is 2. The van der Waals surface area contributed by atoms with Gasteiger partial charge in [0.1, 0.15) is 12.3 Å². The largest absolute Gasteiger partial charge is 0.388 e. The summed E-state index contributed by atoms with van der Waals surface area (Å²) in [6, 6.07) is 15.8. The van der Waals surface area contributed by atoms with Crippen molar-refractivity contribution in [1.29, 1.82) is 0 Å². The number of nitrogens with one attached hydrogen (secondary N) is 2.